The molecular formula is C13H16ClN3O2S. The van der Waals surface area contributed by atoms with Gasteiger partial charge in [-0.15, -0.1) is 0 Å². The maximum atomic E-state index is 12.3. The van der Waals surface area contributed by atoms with Crippen LogP contribution in [0, 0.1) is 17.2 Å². The second-order valence-corrected chi connectivity index (χ2v) is 7.30. The maximum absolute atomic E-state index is 12.3. The zero-order valence-electron chi connectivity index (χ0n) is 11.3. The van der Waals surface area contributed by atoms with Gasteiger partial charge in [0.1, 0.15) is 6.07 Å². The highest BCUT2D eigenvalue weighted by Gasteiger charge is 2.31. The Balaban J connectivity index is 2.23. The fraction of sp³-hybridized carbons (Fsp3) is 0.462. The van der Waals surface area contributed by atoms with Crippen molar-refractivity contribution in [2.75, 3.05) is 20.1 Å². The van der Waals surface area contributed by atoms with Crippen LogP contribution in [0.1, 0.15) is 12.5 Å². The van der Waals surface area contributed by atoms with Gasteiger partial charge in [-0.1, -0.05) is 18.5 Å². The van der Waals surface area contributed by atoms with Gasteiger partial charge in [-0.2, -0.15) is 5.26 Å². The number of benzene rings is 1. The molecule has 1 aromatic rings. The van der Waals surface area contributed by atoms with E-state index in [1.807, 2.05) is 20.0 Å². The Morgan fingerprint density at radius 2 is 2.15 bits per heavy atom. The van der Waals surface area contributed by atoms with E-state index in [0.717, 1.165) is 6.54 Å². The number of nitriles is 1. The number of hydrogen-bond acceptors (Lipinski definition) is 4. The smallest absolute Gasteiger partial charge is 0.240 e. The first-order valence-electron chi connectivity index (χ1n) is 6.24. The number of halogens is 1. The molecule has 0 radical (unpaired) electrons. The molecule has 5 nitrogen and oxygen atoms in total. The number of likely N-dealkylation sites (N-methyl/N-ethyl adjacent to an activating group) is 1. The van der Waals surface area contributed by atoms with Gasteiger partial charge >= 0.3 is 0 Å². The van der Waals surface area contributed by atoms with Crippen LogP contribution in [0.4, 0.5) is 0 Å². The molecule has 2 rings (SSSR count). The lowest BCUT2D eigenvalue weighted by Crippen LogP contribution is -2.39. The molecule has 1 saturated heterocycles. The highest BCUT2D eigenvalue weighted by molar-refractivity contribution is 7.89. The summed E-state index contributed by atoms with van der Waals surface area (Å²) in [7, 11) is -1.66. The molecule has 7 heteroatoms. The van der Waals surface area contributed by atoms with E-state index < -0.39 is 10.0 Å². The number of likely N-dealkylation sites (tertiary alicyclic amines) is 1. The number of hydrogen-bond donors (Lipinski definition) is 1. The lowest BCUT2D eigenvalue weighted by atomic mass is 10.1. The molecule has 1 aliphatic rings. The van der Waals surface area contributed by atoms with Crippen molar-refractivity contribution in [1.29, 1.82) is 5.26 Å². The molecular weight excluding hydrogens is 298 g/mol. The van der Waals surface area contributed by atoms with Gasteiger partial charge < -0.3 is 4.90 Å². The van der Waals surface area contributed by atoms with Gasteiger partial charge in [0.15, 0.2) is 0 Å². The highest BCUT2D eigenvalue weighted by atomic mass is 35.5. The van der Waals surface area contributed by atoms with Crippen LogP contribution < -0.4 is 4.72 Å². The Morgan fingerprint density at radius 3 is 2.65 bits per heavy atom. The molecule has 0 saturated carbocycles. The number of sulfonamides is 1. The predicted molar refractivity (Wildman–Crippen MR) is 76.9 cm³/mol. The average Bonchev–Trinajstić information content (AvgIpc) is 2.67. The van der Waals surface area contributed by atoms with Crippen LogP contribution in [-0.2, 0) is 10.0 Å². The normalized spacial score (nSPS) is 23.7. The third-order valence-electron chi connectivity index (χ3n) is 3.47. The van der Waals surface area contributed by atoms with E-state index in [-0.39, 0.29) is 27.4 Å². The molecule has 0 bridgehead atoms. The Kier molecular flexibility index (Phi) is 4.35. The summed E-state index contributed by atoms with van der Waals surface area (Å²) in [6.45, 7) is 3.56. The van der Waals surface area contributed by atoms with Crippen molar-refractivity contribution in [3.8, 4) is 6.07 Å². The van der Waals surface area contributed by atoms with Crippen molar-refractivity contribution < 1.29 is 8.42 Å². The first-order valence-corrected chi connectivity index (χ1v) is 8.10. The summed E-state index contributed by atoms with van der Waals surface area (Å²) in [6, 6.07) is 5.92. The second kappa shape index (κ2) is 5.70. The van der Waals surface area contributed by atoms with Crippen LogP contribution in [0.5, 0.6) is 0 Å². The lowest BCUT2D eigenvalue weighted by molar-refractivity contribution is 0.400. The van der Waals surface area contributed by atoms with E-state index in [2.05, 4.69) is 9.62 Å². The van der Waals surface area contributed by atoms with Crippen LogP contribution in [0.15, 0.2) is 23.1 Å². The minimum Gasteiger partial charge on any atom is -0.304 e. The summed E-state index contributed by atoms with van der Waals surface area (Å²) in [5.74, 6) is 0.253. The first-order chi connectivity index (χ1) is 9.33. The lowest BCUT2D eigenvalue weighted by Gasteiger charge is -2.16. The Bertz CT molecular complexity index is 654. The zero-order chi connectivity index (χ0) is 14.9. The highest BCUT2D eigenvalue weighted by Crippen LogP contribution is 2.22. The standard InChI is InChI=1S/C13H16ClN3O2S/c1-9-7-17(2)8-13(9)16-20(18,19)11-4-3-10(6-15)12(14)5-11/h3-5,9,13,16H,7-8H2,1-2H3. The summed E-state index contributed by atoms with van der Waals surface area (Å²) in [5, 5.41) is 8.95. The van der Waals surface area contributed by atoms with Gasteiger partial charge in [0.05, 0.1) is 15.5 Å². The molecule has 2 atom stereocenters. The van der Waals surface area contributed by atoms with Crippen LogP contribution in [0.3, 0.4) is 0 Å². The van der Waals surface area contributed by atoms with E-state index in [0.29, 0.717) is 6.54 Å². The molecule has 1 heterocycles. The third-order valence-corrected chi connectivity index (χ3v) is 5.27. The maximum Gasteiger partial charge on any atom is 0.240 e. The van der Waals surface area contributed by atoms with Crippen LogP contribution in [0.25, 0.3) is 0 Å². The van der Waals surface area contributed by atoms with E-state index in [1.165, 1.54) is 18.2 Å². The predicted octanol–water partition coefficient (Wildman–Crippen LogP) is 1.44. The van der Waals surface area contributed by atoms with Crippen LogP contribution in [0.2, 0.25) is 5.02 Å². The Hall–Kier alpha value is -1.13. The summed E-state index contributed by atoms with van der Waals surface area (Å²) in [5.41, 5.74) is 0.264. The minimum absolute atomic E-state index is 0.0863. The zero-order valence-corrected chi connectivity index (χ0v) is 12.9. The number of rotatable bonds is 3. The van der Waals surface area contributed by atoms with Crippen molar-refractivity contribution in [2.24, 2.45) is 5.92 Å². The molecule has 0 aliphatic carbocycles. The molecule has 0 amide bonds. The number of nitrogens with zero attached hydrogens (tertiary/aromatic N) is 2. The Morgan fingerprint density at radius 1 is 1.45 bits per heavy atom. The molecule has 1 aromatic carbocycles. The molecule has 2 unspecified atom stereocenters. The molecule has 108 valence electrons. The van der Waals surface area contributed by atoms with Crippen molar-refractivity contribution in [1.82, 2.24) is 9.62 Å². The first kappa shape index (κ1) is 15.3. The molecule has 20 heavy (non-hydrogen) atoms. The van der Waals surface area contributed by atoms with E-state index in [9.17, 15) is 8.42 Å². The molecule has 1 N–H and O–H groups in total. The minimum atomic E-state index is -3.62. The summed E-state index contributed by atoms with van der Waals surface area (Å²) in [6.07, 6.45) is 0. The van der Waals surface area contributed by atoms with E-state index in [1.54, 1.807) is 0 Å². The topological polar surface area (TPSA) is 73.2 Å². The summed E-state index contributed by atoms with van der Waals surface area (Å²) >= 11 is 5.88. The second-order valence-electron chi connectivity index (χ2n) is 5.18. The van der Waals surface area contributed by atoms with Gasteiger partial charge in [-0.3, -0.25) is 0 Å². The van der Waals surface area contributed by atoms with Gasteiger partial charge in [0.2, 0.25) is 10.0 Å². The van der Waals surface area contributed by atoms with Crippen LogP contribution in [-0.4, -0.2) is 39.5 Å². The van der Waals surface area contributed by atoms with E-state index in [4.69, 9.17) is 16.9 Å². The van der Waals surface area contributed by atoms with Crippen molar-refractivity contribution in [3.63, 3.8) is 0 Å². The van der Waals surface area contributed by atoms with E-state index >= 15 is 0 Å². The quantitative estimate of drug-likeness (QED) is 0.916. The molecule has 0 aromatic heterocycles. The van der Waals surface area contributed by atoms with Crippen LogP contribution >= 0.6 is 11.6 Å². The number of nitrogens with one attached hydrogen (secondary N) is 1. The van der Waals surface area contributed by atoms with Gasteiger partial charge in [-0.25, -0.2) is 13.1 Å². The SMILES string of the molecule is CC1CN(C)CC1NS(=O)(=O)c1ccc(C#N)c(Cl)c1. The average molecular weight is 314 g/mol. The third kappa shape index (κ3) is 3.13. The largest absolute Gasteiger partial charge is 0.304 e. The van der Waals surface area contributed by atoms with Gasteiger partial charge in [0.25, 0.3) is 0 Å². The molecule has 1 fully saturated rings. The van der Waals surface area contributed by atoms with Gasteiger partial charge in [-0.05, 0) is 31.2 Å². The van der Waals surface area contributed by atoms with Crippen molar-refractivity contribution in [2.45, 2.75) is 17.9 Å². The summed E-state index contributed by atoms with van der Waals surface area (Å²) in [4.78, 5) is 2.17. The van der Waals surface area contributed by atoms with Crippen molar-refractivity contribution >= 4 is 21.6 Å². The van der Waals surface area contributed by atoms with Crippen molar-refractivity contribution in [3.05, 3.63) is 28.8 Å². The monoisotopic (exact) mass is 313 g/mol. The fourth-order valence-corrected chi connectivity index (χ4v) is 4.03. The molecule has 1 aliphatic heterocycles. The fourth-order valence-electron chi connectivity index (χ4n) is 2.38. The summed E-state index contributed by atoms with van der Waals surface area (Å²) < 4.78 is 27.3. The molecule has 0 spiro atoms. The Labute approximate surface area is 124 Å². The van der Waals surface area contributed by atoms with Gasteiger partial charge in [0, 0.05) is 19.1 Å².